The third kappa shape index (κ3) is 3.71. The van der Waals surface area contributed by atoms with Gasteiger partial charge < -0.3 is 19.7 Å². The number of methoxy groups -OCH3 is 1. The average molecular weight is 301 g/mol. The molecule has 6 nitrogen and oxygen atoms in total. The van der Waals surface area contributed by atoms with Gasteiger partial charge in [-0.15, -0.1) is 0 Å². The van der Waals surface area contributed by atoms with E-state index in [9.17, 15) is 0 Å². The highest BCUT2D eigenvalue weighted by molar-refractivity contribution is 6.32. The summed E-state index contributed by atoms with van der Waals surface area (Å²) in [4.78, 5) is 10.5. The van der Waals surface area contributed by atoms with Crippen molar-refractivity contribution < 1.29 is 9.47 Å². The van der Waals surface area contributed by atoms with Crippen molar-refractivity contribution in [1.82, 2.24) is 15.3 Å². The van der Waals surface area contributed by atoms with Crippen LogP contribution in [0.25, 0.3) is 0 Å². The minimum Gasteiger partial charge on any atom is -0.467 e. The van der Waals surface area contributed by atoms with E-state index in [0.29, 0.717) is 30.1 Å². The number of hydrogen-bond acceptors (Lipinski definition) is 6. The van der Waals surface area contributed by atoms with Gasteiger partial charge in [0.25, 0.3) is 0 Å². The molecule has 7 heteroatoms. The van der Waals surface area contributed by atoms with Crippen LogP contribution in [0.4, 0.5) is 5.82 Å². The van der Waals surface area contributed by atoms with Crippen molar-refractivity contribution in [3.8, 4) is 6.01 Å². The van der Waals surface area contributed by atoms with E-state index in [2.05, 4.69) is 27.1 Å². The van der Waals surface area contributed by atoms with E-state index in [1.807, 2.05) is 0 Å². The molecule has 1 saturated heterocycles. The van der Waals surface area contributed by atoms with Crippen molar-refractivity contribution in [3.05, 3.63) is 11.2 Å². The van der Waals surface area contributed by atoms with Crippen molar-refractivity contribution in [2.24, 2.45) is 0 Å². The first-order chi connectivity index (χ1) is 9.76. The first kappa shape index (κ1) is 15.3. The van der Waals surface area contributed by atoms with Crippen LogP contribution in [0, 0.1) is 0 Å². The SMILES string of the molecule is CCCNCC1COCCN1c1nc(OC)ncc1Cl. The standard InChI is InChI=1S/C13H21ClN4O2/c1-3-4-15-7-10-9-20-6-5-18(10)12-11(14)8-16-13(17-12)19-2/h8,10,15H,3-7,9H2,1-2H3. The smallest absolute Gasteiger partial charge is 0.318 e. The van der Waals surface area contributed by atoms with Crippen LogP contribution in [0.2, 0.25) is 5.02 Å². The van der Waals surface area contributed by atoms with E-state index in [-0.39, 0.29) is 6.04 Å². The summed E-state index contributed by atoms with van der Waals surface area (Å²) in [6.07, 6.45) is 2.68. The number of aromatic nitrogens is 2. The zero-order valence-electron chi connectivity index (χ0n) is 11.9. The van der Waals surface area contributed by atoms with E-state index >= 15 is 0 Å². The van der Waals surface area contributed by atoms with Crippen molar-refractivity contribution in [1.29, 1.82) is 0 Å². The second kappa shape index (κ2) is 7.61. The van der Waals surface area contributed by atoms with Gasteiger partial charge >= 0.3 is 6.01 Å². The lowest BCUT2D eigenvalue weighted by molar-refractivity contribution is 0.0933. The molecule has 2 heterocycles. The second-order valence-corrected chi connectivity index (χ2v) is 5.06. The van der Waals surface area contributed by atoms with Gasteiger partial charge in [0.2, 0.25) is 0 Å². The van der Waals surface area contributed by atoms with Crippen LogP contribution in [0.5, 0.6) is 6.01 Å². The summed E-state index contributed by atoms with van der Waals surface area (Å²) >= 11 is 6.23. The Hall–Kier alpha value is -1.11. The number of morpholine rings is 1. The Balaban J connectivity index is 2.14. The first-order valence-electron chi connectivity index (χ1n) is 6.88. The van der Waals surface area contributed by atoms with Crippen LogP contribution in [0.15, 0.2) is 6.20 Å². The monoisotopic (exact) mass is 300 g/mol. The fourth-order valence-corrected chi connectivity index (χ4v) is 2.39. The van der Waals surface area contributed by atoms with Crippen molar-refractivity contribution in [2.45, 2.75) is 19.4 Å². The molecule has 1 aromatic heterocycles. The van der Waals surface area contributed by atoms with Gasteiger partial charge in [0.15, 0.2) is 5.82 Å². The zero-order chi connectivity index (χ0) is 14.4. The van der Waals surface area contributed by atoms with Gasteiger partial charge in [-0.2, -0.15) is 4.98 Å². The Labute approximate surface area is 124 Å². The molecule has 0 bridgehead atoms. The van der Waals surface area contributed by atoms with Gasteiger partial charge in [-0.05, 0) is 13.0 Å². The zero-order valence-corrected chi connectivity index (χ0v) is 12.7. The molecule has 1 aromatic rings. The molecular formula is C13H21ClN4O2. The maximum Gasteiger partial charge on any atom is 0.318 e. The highest BCUT2D eigenvalue weighted by atomic mass is 35.5. The van der Waals surface area contributed by atoms with Crippen LogP contribution >= 0.6 is 11.6 Å². The van der Waals surface area contributed by atoms with Gasteiger partial charge in [-0.25, -0.2) is 4.98 Å². The largest absolute Gasteiger partial charge is 0.467 e. The Morgan fingerprint density at radius 2 is 2.45 bits per heavy atom. The predicted octanol–water partition coefficient (Wildman–Crippen LogP) is 1.34. The number of nitrogens with zero attached hydrogens (tertiary/aromatic N) is 3. The molecule has 112 valence electrons. The highest BCUT2D eigenvalue weighted by Crippen LogP contribution is 2.27. The highest BCUT2D eigenvalue weighted by Gasteiger charge is 2.26. The minimum atomic E-state index is 0.215. The summed E-state index contributed by atoms with van der Waals surface area (Å²) < 4.78 is 10.6. The molecule has 0 radical (unpaired) electrons. The average Bonchev–Trinajstić information content (AvgIpc) is 2.49. The molecule has 1 atom stereocenters. The summed E-state index contributed by atoms with van der Waals surface area (Å²) in [6, 6.07) is 0.545. The Morgan fingerprint density at radius 3 is 3.20 bits per heavy atom. The molecule has 20 heavy (non-hydrogen) atoms. The predicted molar refractivity (Wildman–Crippen MR) is 78.7 cm³/mol. The Bertz CT molecular complexity index is 433. The third-order valence-electron chi connectivity index (χ3n) is 3.19. The summed E-state index contributed by atoms with van der Waals surface area (Å²) in [5.74, 6) is 0.713. The van der Waals surface area contributed by atoms with Crippen LogP contribution in [0.1, 0.15) is 13.3 Å². The van der Waals surface area contributed by atoms with E-state index in [4.69, 9.17) is 21.1 Å². The van der Waals surface area contributed by atoms with Gasteiger partial charge in [0.1, 0.15) is 5.02 Å². The topological polar surface area (TPSA) is 59.5 Å². The number of rotatable bonds is 6. The lowest BCUT2D eigenvalue weighted by Gasteiger charge is -2.37. The normalized spacial score (nSPS) is 19.1. The van der Waals surface area contributed by atoms with Gasteiger partial charge in [0, 0.05) is 13.1 Å². The van der Waals surface area contributed by atoms with Crippen LogP contribution in [0.3, 0.4) is 0 Å². The molecule has 0 saturated carbocycles. The molecule has 1 aliphatic rings. The molecule has 1 fully saturated rings. The maximum atomic E-state index is 6.23. The van der Waals surface area contributed by atoms with Crippen molar-refractivity contribution in [3.63, 3.8) is 0 Å². The van der Waals surface area contributed by atoms with E-state index < -0.39 is 0 Å². The molecule has 1 unspecified atom stereocenters. The second-order valence-electron chi connectivity index (χ2n) is 4.65. The minimum absolute atomic E-state index is 0.215. The molecule has 1 N–H and O–H groups in total. The van der Waals surface area contributed by atoms with Gasteiger partial charge in [0.05, 0.1) is 32.6 Å². The fourth-order valence-electron chi connectivity index (χ4n) is 2.19. The summed E-state index contributed by atoms with van der Waals surface area (Å²) in [6.45, 7) is 6.08. The number of hydrogen-bond donors (Lipinski definition) is 1. The maximum absolute atomic E-state index is 6.23. The Kier molecular flexibility index (Phi) is 5.82. The quantitative estimate of drug-likeness (QED) is 0.800. The van der Waals surface area contributed by atoms with Crippen LogP contribution < -0.4 is 15.0 Å². The van der Waals surface area contributed by atoms with Gasteiger partial charge in [-0.1, -0.05) is 18.5 Å². The summed E-state index contributed by atoms with van der Waals surface area (Å²) in [7, 11) is 1.55. The molecule has 1 aliphatic heterocycles. The molecule has 0 spiro atoms. The molecule has 2 rings (SSSR count). The Morgan fingerprint density at radius 1 is 1.60 bits per heavy atom. The number of nitrogens with one attached hydrogen (secondary N) is 1. The molecular weight excluding hydrogens is 280 g/mol. The van der Waals surface area contributed by atoms with E-state index in [1.165, 1.54) is 0 Å². The lowest BCUT2D eigenvalue weighted by atomic mass is 10.2. The first-order valence-corrected chi connectivity index (χ1v) is 7.25. The molecule has 0 aliphatic carbocycles. The van der Waals surface area contributed by atoms with E-state index in [1.54, 1.807) is 13.3 Å². The number of halogens is 1. The summed E-state index contributed by atoms with van der Waals surface area (Å²) in [5.41, 5.74) is 0. The van der Waals surface area contributed by atoms with E-state index in [0.717, 1.165) is 26.1 Å². The van der Waals surface area contributed by atoms with Crippen molar-refractivity contribution in [2.75, 3.05) is 44.9 Å². The molecule has 0 aromatic carbocycles. The third-order valence-corrected chi connectivity index (χ3v) is 3.46. The fraction of sp³-hybridized carbons (Fsp3) is 0.692. The summed E-state index contributed by atoms with van der Waals surface area (Å²) in [5, 5.41) is 3.95. The molecule has 0 amide bonds. The number of ether oxygens (including phenoxy) is 2. The van der Waals surface area contributed by atoms with Crippen molar-refractivity contribution >= 4 is 17.4 Å². The van der Waals surface area contributed by atoms with Crippen LogP contribution in [-0.4, -0.2) is 56.0 Å². The van der Waals surface area contributed by atoms with Gasteiger partial charge in [-0.3, -0.25) is 0 Å². The lowest BCUT2D eigenvalue weighted by Crippen LogP contribution is -2.51. The number of anilines is 1. The van der Waals surface area contributed by atoms with Crippen LogP contribution in [-0.2, 0) is 4.74 Å².